The summed E-state index contributed by atoms with van der Waals surface area (Å²) >= 11 is 0. The molecule has 0 aliphatic carbocycles. The topological polar surface area (TPSA) is 65.1 Å². The maximum absolute atomic E-state index is 13.0. The number of benzene rings is 1. The second-order valence-corrected chi connectivity index (χ2v) is 6.73. The molecule has 0 saturated heterocycles. The maximum atomic E-state index is 13.0. The zero-order chi connectivity index (χ0) is 22.6. The average molecular weight is 427 g/mol. The van der Waals surface area contributed by atoms with Crippen LogP contribution in [-0.4, -0.2) is 51.3 Å². The van der Waals surface area contributed by atoms with E-state index in [4.69, 9.17) is 14.2 Å². The lowest BCUT2D eigenvalue weighted by Crippen LogP contribution is -2.33. The van der Waals surface area contributed by atoms with Gasteiger partial charge in [0.1, 0.15) is 6.61 Å². The zero-order valence-corrected chi connectivity index (χ0v) is 17.4. The monoisotopic (exact) mass is 427 g/mol. The van der Waals surface area contributed by atoms with Crippen LogP contribution >= 0.6 is 0 Å². The number of alkyl halides is 3. The lowest BCUT2D eigenvalue weighted by Gasteiger charge is -2.35. The number of carbonyl (C=O) groups is 2. The third-order valence-corrected chi connectivity index (χ3v) is 5.08. The van der Waals surface area contributed by atoms with Crippen LogP contribution in [0.2, 0.25) is 0 Å². The van der Waals surface area contributed by atoms with E-state index in [1.165, 1.54) is 26.4 Å². The second kappa shape index (κ2) is 9.34. The highest BCUT2D eigenvalue weighted by atomic mass is 19.4. The first-order valence-corrected chi connectivity index (χ1v) is 9.11. The summed E-state index contributed by atoms with van der Waals surface area (Å²) < 4.78 is 54.0. The Balaban J connectivity index is 2.62. The molecule has 0 spiro atoms. The fourth-order valence-corrected chi connectivity index (χ4v) is 3.31. The molecular formula is C21H24F3NO5. The zero-order valence-electron chi connectivity index (χ0n) is 17.4. The molecule has 1 heterocycles. The fourth-order valence-electron chi connectivity index (χ4n) is 3.31. The molecule has 0 amide bonds. The van der Waals surface area contributed by atoms with Crippen LogP contribution < -0.4 is 0 Å². The molecule has 0 fully saturated rings. The van der Waals surface area contributed by atoms with Crippen LogP contribution in [0.1, 0.15) is 30.9 Å². The number of nitrogens with zero attached hydrogens (tertiary/aromatic N) is 1. The maximum Gasteiger partial charge on any atom is 0.416 e. The smallest absolute Gasteiger partial charge is 0.416 e. The minimum atomic E-state index is -4.50. The Morgan fingerprint density at radius 3 is 1.97 bits per heavy atom. The van der Waals surface area contributed by atoms with Crippen molar-refractivity contribution in [2.45, 2.75) is 25.9 Å². The first kappa shape index (κ1) is 23.5. The molecule has 1 unspecified atom stereocenters. The molecule has 9 heteroatoms. The Kier molecular flexibility index (Phi) is 7.30. The van der Waals surface area contributed by atoms with Crippen molar-refractivity contribution >= 4 is 11.9 Å². The minimum absolute atomic E-state index is 0.00812. The Morgan fingerprint density at radius 2 is 1.50 bits per heavy atom. The van der Waals surface area contributed by atoms with Crippen molar-refractivity contribution in [3.05, 3.63) is 57.9 Å². The van der Waals surface area contributed by atoms with Crippen molar-refractivity contribution in [3.63, 3.8) is 0 Å². The van der Waals surface area contributed by atoms with E-state index in [0.717, 1.165) is 12.1 Å². The normalized spacial score (nSPS) is 17.3. The quantitative estimate of drug-likeness (QED) is 0.510. The van der Waals surface area contributed by atoms with Crippen LogP contribution in [0.15, 0.2) is 46.8 Å². The van der Waals surface area contributed by atoms with Gasteiger partial charge in [-0.2, -0.15) is 13.2 Å². The van der Waals surface area contributed by atoms with Crippen LogP contribution in [0, 0.1) is 0 Å². The first-order valence-electron chi connectivity index (χ1n) is 9.11. The minimum Gasteiger partial charge on any atom is -0.466 e. The van der Waals surface area contributed by atoms with Gasteiger partial charge >= 0.3 is 18.1 Å². The molecule has 0 N–H and O–H groups in total. The fraction of sp³-hybridized carbons (Fsp3) is 0.429. The van der Waals surface area contributed by atoms with E-state index in [1.807, 2.05) is 0 Å². The lowest BCUT2D eigenvalue weighted by molar-refractivity contribution is -0.141. The number of hydrogen-bond donors (Lipinski definition) is 0. The van der Waals surface area contributed by atoms with Crippen molar-refractivity contribution in [1.82, 2.24) is 4.90 Å². The van der Waals surface area contributed by atoms with Crippen LogP contribution in [0.5, 0.6) is 0 Å². The molecule has 1 aromatic carbocycles. The standard InChI is InChI=1S/C21H24F3NO5/c1-12-16(19(26)29-5)18(14-6-8-15(9-7-14)21(22,23)24)17(13(2)25(12)3)20(27)30-11-10-28-4/h6-9,18H,10-11H2,1-5H3. The number of rotatable bonds is 6. The molecule has 164 valence electrons. The van der Waals surface area contributed by atoms with Crippen LogP contribution in [0.4, 0.5) is 13.2 Å². The van der Waals surface area contributed by atoms with Gasteiger partial charge in [-0.3, -0.25) is 0 Å². The molecule has 30 heavy (non-hydrogen) atoms. The van der Waals surface area contributed by atoms with Gasteiger partial charge in [0.25, 0.3) is 0 Å². The van der Waals surface area contributed by atoms with Gasteiger partial charge in [-0.05, 0) is 31.5 Å². The number of esters is 2. The average Bonchev–Trinajstić information content (AvgIpc) is 2.70. The van der Waals surface area contributed by atoms with E-state index in [9.17, 15) is 22.8 Å². The highest BCUT2D eigenvalue weighted by Crippen LogP contribution is 2.42. The largest absolute Gasteiger partial charge is 0.466 e. The molecule has 0 radical (unpaired) electrons. The molecule has 1 atom stereocenters. The molecule has 2 rings (SSSR count). The number of ether oxygens (including phenoxy) is 3. The summed E-state index contributed by atoms with van der Waals surface area (Å²) in [5.74, 6) is -2.31. The van der Waals surface area contributed by atoms with Gasteiger partial charge in [-0.25, -0.2) is 9.59 Å². The predicted octanol–water partition coefficient (Wildman–Crippen LogP) is 3.65. The number of hydrogen-bond acceptors (Lipinski definition) is 6. The van der Waals surface area contributed by atoms with E-state index in [2.05, 4.69) is 0 Å². The van der Waals surface area contributed by atoms with E-state index >= 15 is 0 Å². The highest BCUT2D eigenvalue weighted by molar-refractivity contribution is 5.99. The van der Waals surface area contributed by atoms with E-state index < -0.39 is 29.6 Å². The summed E-state index contributed by atoms with van der Waals surface area (Å²) in [6, 6.07) is 4.34. The van der Waals surface area contributed by atoms with Gasteiger partial charge < -0.3 is 19.1 Å². The van der Waals surface area contributed by atoms with Crippen LogP contribution in [-0.2, 0) is 30.0 Å². The summed E-state index contributed by atoms with van der Waals surface area (Å²) in [6.07, 6.45) is -4.50. The summed E-state index contributed by atoms with van der Waals surface area (Å²) in [4.78, 5) is 27.1. The summed E-state index contributed by atoms with van der Waals surface area (Å²) in [7, 11) is 4.34. The Hall–Kier alpha value is -2.81. The Labute approximate surface area is 172 Å². The van der Waals surface area contributed by atoms with Crippen LogP contribution in [0.3, 0.4) is 0 Å². The van der Waals surface area contributed by atoms with Gasteiger partial charge in [0, 0.05) is 25.6 Å². The number of methoxy groups -OCH3 is 2. The Bertz CT molecular complexity index is 872. The number of halogens is 3. The molecule has 0 bridgehead atoms. The summed E-state index contributed by atoms with van der Waals surface area (Å²) in [5, 5.41) is 0. The van der Waals surface area contributed by atoms with Crippen molar-refractivity contribution in [2.24, 2.45) is 0 Å². The number of allylic oxidation sites excluding steroid dienone is 2. The van der Waals surface area contributed by atoms with Gasteiger partial charge in [0.15, 0.2) is 0 Å². The van der Waals surface area contributed by atoms with Crippen molar-refractivity contribution in [2.75, 3.05) is 34.5 Å². The molecule has 6 nitrogen and oxygen atoms in total. The predicted molar refractivity (Wildman–Crippen MR) is 102 cm³/mol. The Morgan fingerprint density at radius 1 is 0.967 bits per heavy atom. The molecule has 1 aromatic rings. The van der Waals surface area contributed by atoms with Gasteiger partial charge in [-0.15, -0.1) is 0 Å². The first-order chi connectivity index (χ1) is 14.0. The summed E-state index contributed by atoms with van der Waals surface area (Å²) in [6.45, 7) is 3.53. The molecular weight excluding hydrogens is 403 g/mol. The third-order valence-electron chi connectivity index (χ3n) is 5.08. The summed E-state index contributed by atoms with van der Waals surface area (Å²) in [5.41, 5.74) is 0.867. The molecule has 0 saturated carbocycles. The van der Waals surface area contributed by atoms with Gasteiger partial charge in [-0.1, -0.05) is 12.1 Å². The third kappa shape index (κ3) is 4.67. The van der Waals surface area contributed by atoms with Crippen molar-refractivity contribution in [1.29, 1.82) is 0 Å². The SMILES string of the molecule is COCCOC(=O)C1=C(C)N(C)C(C)=C(C(=O)OC)C1c1ccc(C(F)(F)F)cc1. The van der Waals surface area contributed by atoms with Crippen molar-refractivity contribution in [3.8, 4) is 0 Å². The van der Waals surface area contributed by atoms with E-state index in [0.29, 0.717) is 17.0 Å². The molecule has 1 aliphatic rings. The van der Waals surface area contributed by atoms with Crippen LogP contribution in [0.25, 0.3) is 0 Å². The van der Waals surface area contributed by atoms with Crippen molar-refractivity contribution < 1.29 is 37.0 Å². The number of carbonyl (C=O) groups excluding carboxylic acids is 2. The molecule has 0 aromatic heterocycles. The second-order valence-electron chi connectivity index (χ2n) is 6.73. The van der Waals surface area contributed by atoms with Gasteiger partial charge in [0.2, 0.25) is 0 Å². The van der Waals surface area contributed by atoms with E-state index in [-0.39, 0.29) is 24.4 Å². The van der Waals surface area contributed by atoms with E-state index in [1.54, 1.807) is 25.8 Å². The highest BCUT2D eigenvalue weighted by Gasteiger charge is 2.40. The lowest BCUT2D eigenvalue weighted by atomic mass is 9.79. The molecule has 1 aliphatic heterocycles. The van der Waals surface area contributed by atoms with Gasteiger partial charge in [0.05, 0.1) is 36.3 Å².